The van der Waals surface area contributed by atoms with Gasteiger partial charge in [0.25, 0.3) is 0 Å². The maximum absolute atomic E-state index is 12.5. The van der Waals surface area contributed by atoms with Crippen LogP contribution in [0.25, 0.3) is 0 Å². The van der Waals surface area contributed by atoms with Gasteiger partial charge in [0.1, 0.15) is 0 Å². The molecule has 0 aliphatic heterocycles. The Kier molecular flexibility index (Phi) is 16.7. The molecule has 5 nitrogen and oxygen atoms in total. The van der Waals surface area contributed by atoms with Crippen molar-refractivity contribution in [3.8, 4) is 0 Å². The topological polar surface area (TPSA) is 64.6 Å². The first-order valence-corrected chi connectivity index (χ1v) is 13.4. The zero-order chi connectivity index (χ0) is 25.0. The SMILES string of the molecule is CCCCCCCCCCCCCCOC(=O)c1ccc(C)c(NC(=CC(=O)OCC)CC)c1. The van der Waals surface area contributed by atoms with E-state index in [0.29, 0.717) is 25.2 Å². The van der Waals surface area contributed by atoms with Gasteiger partial charge in [-0.1, -0.05) is 90.5 Å². The molecular weight excluding hydrogens is 426 g/mol. The molecule has 0 aliphatic rings. The first-order valence-electron chi connectivity index (χ1n) is 13.4. The molecule has 0 saturated heterocycles. The van der Waals surface area contributed by atoms with Crippen molar-refractivity contribution >= 4 is 17.6 Å². The number of hydrogen-bond donors (Lipinski definition) is 1. The minimum Gasteiger partial charge on any atom is -0.463 e. The Hall–Kier alpha value is -2.30. The lowest BCUT2D eigenvalue weighted by molar-refractivity contribution is -0.137. The molecule has 5 heteroatoms. The first-order chi connectivity index (χ1) is 16.5. The van der Waals surface area contributed by atoms with Crippen molar-refractivity contribution in [2.24, 2.45) is 0 Å². The van der Waals surface area contributed by atoms with Crippen molar-refractivity contribution in [3.05, 3.63) is 41.1 Å². The summed E-state index contributed by atoms with van der Waals surface area (Å²) < 4.78 is 10.5. The summed E-state index contributed by atoms with van der Waals surface area (Å²) in [5.41, 5.74) is 3.03. The molecule has 0 amide bonds. The van der Waals surface area contributed by atoms with Crippen LogP contribution in [0.15, 0.2) is 30.0 Å². The molecule has 1 N–H and O–H groups in total. The van der Waals surface area contributed by atoms with E-state index in [-0.39, 0.29) is 11.9 Å². The molecule has 0 saturated carbocycles. The van der Waals surface area contributed by atoms with E-state index in [9.17, 15) is 9.59 Å². The van der Waals surface area contributed by atoms with Crippen molar-refractivity contribution < 1.29 is 19.1 Å². The normalized spacial score (nSPS) is 11.4. The van der Waals surface area contributed by atoms with Crippen LogP contribution in [0.3, 0.4) is 0 Å². The highest BCUT2D eigenvalue weighted by atomic mass is 16.5. The van der Waals surface area contributed by atoms with E-state index >= 15 is 0 Å². The Morgan fingerprint density at radius 1 is 0.824 bits per heavy atom. The number of rotatable bonds is 19. The van der Waals surface area contributed by atoms with Gasteiger partial charge < -0.3 is 14.8 Å². The Labute approximate surface area is 207 Å². The molecule has 0 fully saturated rings. The summed E-state index contributed by atoms with van der Waals surface area (Å²) in [6.45, 7) is 8.75. The second-order valence-electron chi connectivity index (χ2n) is 8.95. The molecule has 0 aliphatic carbocycles. The van der Waals surface area contributed by atoms with Crippen LogP contribution < -0.4 is 5.32 Å². The number of benzene rings is 1. The fourth-order valence-electron chi connectivity index (χ4n) is 3.80. The lowest BCUT2D eigenvalue weighted by Crippen LogP contribution is -2.09. The third-order valence-corrected chi connectivity index (χ3v) is 5.96. The molecule has 0 radical (unpaired) electrons. The number of ether oxygens (including phenoxy) is 2. The quantitative estimate of drug-likeness (QED) is 0.125. The summed E-state index contributed by atoms with van der Waals surface area (Å²) in [6.07, 6.45) is 17.5. The van der Waals surface area contributed by atoms with E-state index in [0.717, 1.165) is 29.8 Å². The number of aryl methyl sites for hydroxylation is 1. The molecule has 1 aromatic carbocycles. The second-order valence-corrected chi connectivity index (χ2v) is 8.95. The van der Waals surface area contributed by atoms with Gasteiger partial charge in [-0.15, -0.1) is 0 Å². The molecule has 0 bridgehead atoms. The molecule has 0 aromatic heterocycles. The predicted molar refractivity (Wildman–Crippen MR) is 141 cm³/mol. The van der Waals surface area contributed by atoms with Crippen molar-refractivity contribution in [1.29, 1.82) is 0 Å². The Bertz CT molecular complexity index is 742. The van der Waals surface area contributed by atoms with Crippen LogP contribution >= 0.6 is 0 Å². The van der Waals surface area contributed by atoms with E-state index in [1.54, 1.807) is 19.1 Å². The summed E-state index contributed by atoms with van der Waals surface area (Å²) >= 11 is 0. The van der Waals surface area contributed by atoms with Crippen molar-refractivity contribution in [3.63, 3.8) is 0 Å². The zero-order valence-corrected chi connectivity index (χ0v) is 22.0. The number of carbonyl (C=O) groups is 2. The monoisotopic (exact) mass is 473 g/mol. The van der Waals surface area contributed by atoms with Gasteiger partial charge in [-0.3, -0.25) is 0 Å². The van der Waals surface area contributed by atoms with Gasteiger partial charge in [0.2, 0.25) is 0 Å². The van der Waals surface area contributed by atoms with Crippen LogP contribution in [0, 0.1) is 6.92 Å². The average molecular weight is 474 g/mol. The largest absolute Gasteiger partial charge is 0.463 e. The molecule has 34 heavy (non-hydrogen) atoms. The summed E-state index contributed by atoms with van der Waals surface area (Å²) in [6, 6.07) is 5.46. The van der Waals surface area contributed by atoms with Crippen LogP contribution in [0.4, 0.5) is 5.69 Å². The minimum atomic E-state index is -0.373. The zero-order valence-electron chi connectivity index (χ0n) is 22.0. The average Bonchev–Trinajstić information content (AvgIpc) is 2.82. The van der Waals surface area contributed by atoms with Gasteiger partial charge in [-0.05, 0) is 44.4 Å². The molecular formula is C29H47NO4. The number of esters is 2. The van der Waals surface area contributed by atoms with Crippen LogP contribution in [0.2, 0.25) is 0 Å². The maximum atomic E-state index is 12.5. The number of anilines is 1. The Balaban J connectivity index is 2.31. The van der Waals surface area contributed by atoms with Gasteiger partial charge in [-0.25, -0.2) is 9.59 Å². The van der Waals surface area contributed by atoms with Crippen molar-refractivity contribution in [2.45, 2.75) is 111 Å². The number of unbranched alkanes of at least 4 members (excludes halogenated alkanes) is 11. The lowest BCUT2D eigenvalue weighted by Gasteiger charge is -2.13. The minimum absolute atomic E-state index is 0.307. The van der Waals surface area contributed by atoms with Gasteiger partial charge in [-0.2, -0.15) is 0 Å². The van der Waals surface area contributed by atoms with Crippen LogP contribution in [-0.2, 0) is 14.3 Å². The van der Waals surface area contributed by atoms with Gasteiger partial charge in [0.15, 0.2) is 0 Å². The molecule has 0 spiro atoms. The van der Waals surface area contributed by atoms with Crippen molar-refractivity contribution in [1.82, 2.24) is 0 Å². The third-order valence-electron chi connectivity index (χ3n) is 5.96. The highest BCUT2D eigenvalue weighted by molar-refractivity contribution is 5.91. The predicted octanol–water partition coefficient (Wildman–Crippen LogP) is 8.12. The summed E-state index contributed by atoms with van der Waals surface area (Å²) in [7, 11) is 0. The van der Waals surface area contributed by atoms with Gasteiger partial charge >= 0.3 is 11.9 Å². The van der Waals surface area contributed by atoms with Gasteiger partial charge in [0.05, 0.1) is 18.8 Å². The summed E-state index contributed by atoms with van der Waals surface area (Å²) in [5, 5.41) is 3.25. The van der Waals surface area contributed by atoms with E-state index in [1.165, 1.54) is 70.3 Å². The van der Waals surface area contributed by atoms with Crippen LogP contribution in [0.1, 0.15) is 120 Å². The Morgan fingerprint density at radius 2 is 1.41 bits per heavy atom. The highest BCUT2D eigenvalue weighted by Gasteiger charge is 2.11. The Morgan fingerprint density at radius 3 is 1.97 bits per heavy atom. The lowest BCUT2D eigenvalue weighted by atomic mass is 10.1. The van der Waals surface area contributed by atoms with E-state index in [4.69, 9.17) is 9.47 Å². The second kappa shape index (κ2) is 19.1. The standard InChI is InChI=1S/C29H47NO4/c1-5-8-9-10-11-12-13-14-15-16-17-18-21-34-29(32)25-20-19-24(4)27(22-25)30-26(6-2)23-28(31)33-7-3/h19-20,22-23,30H,5-18,21H2,1-4H3. The third kappa shape index (κ3) is 13.4. The summed E-state index contributed by atoms with van der Waals surface area (Å²) in [4.78, 5) is 24.2. The number of carbonyl (C=O) groups excluding carboxylic acids is 2. The van der Waals surface area contributed by atoms with Crippen LogP contribution in [0.5, 0.6) is 0 Å². The highest BCUT2D eigenvalue weighted by Crippen LogP contribution is 2.21. The van der Waals surface area contributed by atoms with E-state index in [1.807, 2.05) is 19.9 Å². The molecule has 1 aromatic rings. The fraction of sp³-hybridized carbons (Fsp3) is 0.655. The van der Waals surface area contributed by atoms with Gasteiger partial charge in [0, 0.05) is 17.5 Å². The van der Waals surface area contributed by atoms with Crippen molar-refractivity contribution in [2.75, 3.05) is 18.5 Å². The molecule has 0 atom stereocenters. The molecule has 0 unspecified atom stereocenters. The number of allylic oxidation sites excluding steroid dienone is 1. The maximum Gasteiger partial charge on any atom is 0.338 e. The molecule has 1 rings (SSSR count). The summed E-state index contributed by atoms with van der Waals surface area (Å²) in [5.74, 6) is -0.680. The number of nitrogens with one attached hydrogen (secondary N) is 1. The van der Waals surface area contributed by atoms with E-state index in [2.05, 4.69) is 12.2 Å². The van der Waals surface area contributed by atoms with Crippen LogP contribution in [-0.4, -0.2) is 25.2 Å². The van der Waals surface area contributed by atoms with E-state index < -0.39 is 0 Å². The molecule has 192 valence electrons. The first kappa shape index (κ1) is 29.7. The molecule has 0 heterocycles. The fourth-order valence-corrected chi connectivity index (χ4v) is 3.80. The smallest absolute Gasteiger partial charge is 0.338 e. The number of hydrogen-bond acceptors (Lipinski definition) is 5.